The lowest BCUT2D eigenvalue weighted by molar-refractivity contribution is 0.390. The highest BCUT2D eigenvalue weighted by Gasteiger charge is 2.20. The van der Waals surface area contributed by atoms with Gasteiger partial charge < -0.3 is 4.90 Å². The molecule has 0 aromatic carbocycles. The highest BCUT2D eigenvalue weighted by Crippen LogP contribution is 2.07. The van der Waals surface area contributed by atoms with Crippen LogP contribution in [0.5, 0.6) is 0 Å². The van der Waals surface area contributed by atoms with Gasteiger partial charge in [0.25, 0.3) is 0 Å². The fourth-order valence-corrected chi connectivity index (χ4v) is 1.60. The van der Waals surface area contributed by atoms with Gasteiger partial charge in [-0.25, -0.2) is 0 Å². The number of hydrogen-bond donors (Lipinski definition) is 1. The first-order chi connectivity index (χ1) is 5.76. The van der Waals surface area contributed by atoms with Gasteiger partial charge in [-0.1, -0.05) is 6.92 Å². The van der Waals surface area contributed by atoms with Gasteiger partial charge in [-0.15, -0.1) is 0 Å². The second-order valence-corrected chi connectivity index (χ2v) is 3.50. The fraction of sp³-hybridized carbons (Fsp3) is 0.889. The maximum atomic E-state index is 8.73. The van der Waals surface area contributed by atoms with Crippen LogP contribution < -0.4 is 5.32 Å². The van der Waals surface area contributed by atoms with Crippen molar-refractivity contribution in [2.45, 2.75) is 31.8 Å². The van der Waals surface area contributed by atoms with Crippen LogP contribution in [0.1, 0.15) is 19.8 Å². The second-order valence-electron chi connectivity index (χ2n) is 3.50. The molecule has 1 rings (SSSR count). The largest absolute Gasteiger partial charge is 0.305 e. The summed E-state index contributed by atoms with van der Waals surface area (Å²) in [7, 11) is 2.12. The second kappa shape index (κ2) is 4.44. The number of nitriles is 1. The Bertz CT molecular complexity index is 173. The molecular formula is C9H17N3. The minimum absolute atomic E-state index is 0.0431. The molecule has 0 aromatic heterocycles. The van der Waals surface area contributed by atoms with Crippen LogP contribution in [0, 0.1) is 11.3 Å². The van der Waals surface area contributed by atoms with Crippen molar-refractivity contribution in [1.82, 2.24) is 10.2 Å². The molecule has 68 valence electrons. The smallest absolute Gasteiger partial charge is 0.0952 e. The summed E-state index contributed by atoms with van der Waals surface area (Å²) in [6, 6.07) is 2.83. The van der Waals surface area contributed by atoms with E-state index in [4.69, 9.17) is 5.26 Å². The molecule has 0 aliphatic carbocycles. The highest BCUT2D eigenvalue weighted by atomic mass is 15.2. The number of nitrogens with one attached hydrogen (secondary N) is 1. The van der Waals surface area contributed by atoms with Crippen molar-refractivity contribution < 1.29 is 0 Å². The lowest BCUT2D eigenvalue weighted by Gasteiger charge is -2.15. The van der Waals surface area contributed by atoms with Gasteiger partial charge in [0, 0.05) is 12.6 Å². The van der Waals surface area contributed by atoms with Crippen molar-refractivity contribution in [3.05, 3.63) is 0 Å². The molecule has 2 unspecified atom stereocenters. The molecule has 1 heterocycles. The number of likely N-dealkylation sites (N-methyl/N-ethyl adjacent to an activating group) is 1. The van der Waals surface area contributed by atoms with E-state index in [9.17, 15) is 0 Å². The van der Waals surface area contributed by atoms with Gasteiger partial charge in [-0.2, -0.15) is 5.26 Å². The monoisotopic (exact) mass is 167 g/mol. The van der Waals surface area contributed by atoms with Crippen molar-refractivity contribution in [3.63, 3.8) is 0 Å². The molecule has 1 N–H and O–H groups in total. The first kappa shape index (κ1) is 9.50. The number of likely N-dealkylation sites (tertiary alicyclic amines) is 1. The lowest BCUT2D eigenvalue weighted by atomic mass is 10.2. The molecule has 2 atom stereocenters. The average molecular weight is 167 g/mol. The van der Waals surface area contributed by atoms with E-state index >= 15 is 0 Å². The Morgan fingerprint density at radius 2 is 2.50 bits per heavy atom. The Morgan fingerprint density at radius 3 is 2.92 bits per heavy atom. The van der Waals surface area contributed by atoms with Gasteiger partial charge >= 0.3 is 0 Å². The van der Waals surface area contributed by atoms with E-state index < -0.39 is 0 Å². The van der Waals surface area contributed by atoms with E-state index in [0.29, 0.717) is 6.04 Å². The Balaban J connectivity index is 2.27. The van der Waals surface area contributed by atoms with E-state index in [1.807, 2.05) is 6.92 Å². The van der Waals surface area contributed by atoms with Gasteiger partial charge in [0.05, 0.1) is 12.1 Å². The molecule has 0 spiro atoms. The molecule has 3 nitrogen and oxygen atoms in total. The van der Waals surface area contributed by atoms with Crippen molar-refractivity contribution >= 4 is 0 Å². The number of nitrogens with zero attached hydrogens (tertiary/aromatic N) is 2. The number of hydrogen-bond acceptors (Lipinski definition) is 3. The molecule has 12 heavy (non-hydrogen) atoms. The minimum atomic E-state index is 0.0431. The Hall–Kier alpha value is -0.590. The standard InChI is InChI=1S/C9H17N3/c1-3-8(6-10)11-9-4-5-12(2)7-9/h8-9,11H,3-5,7H2,1-2H3. The van der Waals surface area contributed by atoms with Crippen LogP contribution in [0.15, 0.2) is 0 Å². The average Bonchev–Trinajstić information content (AvgIpc) is 2.47. The van der Waals surface area contributed by atoms with Crippen LogP contribution in [0.2, 0.25) is 0 Å². The zero-order valence-electron chi connectivity index (χ0n) is 7.88. The Morgan fingerprint density at radius 1 is 1.75 bits per heavy atom. The molecule has 1 aliphatic rings. The van der Waals surface area contributed by atoms with Crippen LogP contribution in [0.4, 0.5) is 0 Å². The third-order valence-electron chi connectivity index (χ3n) is 2.39. The summed E-state index contributed by atoms with van der Waals surface area (Å²) in [5, 5.41) is 12.1. The highest BCUT2D eigenvalue weighted by molar-refractivity contribution is 4.92. The zero-order valence-corrected chi connectivity index (χ0v) is 7.88. The molecule has 3 heteroatoms. The van der Waals surface area contributed by atoms with Crippen LogP contribution in [-0.4, -0.2) is 37.1 Å². The van der Waals surface area contributed by atoms with Crippen molar-refractivity contribution in [3.8, 4) is 6.07 Å². The van der Waals surface area contributed by atoms with E-state index in [1.54, 1.807) is 0 Å². The Kier molecular flexibility index (Phi) is 3.51. The summed E-state index contributed by atoms with van der Waals surface area (Å²) in [5.41, 5.74) is 0. The van der Waals surface area contributed by atoms with Gasteiger partial charge in [-0.05, 0) is 26.4 Å². The zero-order chi connectivity index (χ0) is 8.97. The van der Waals surface area contributed by atoms with E-state index in [2.05, 4.69) is 23.3 Å². The fourth-order valence-electron chi connectivity index (χ4n) is 1.60. The number of rotatable bonds is 3. The van der Waals surface area contributed by atoms with Crippen LogP contribution in [-0.2, 0) is 0 Å². The summed E-state index contributed by atoms with van der Waals surface area (Å²) in [5.74, 6) is 0. The molecule has 0 saturated carbocycles. The van der Waals surface area contributed by atoms with Crippen molar-refractivity contribution in [2.24, 2.45) is 0 Å². The normalized spacial score (nSPS) is 26.9. The summed E-state index contributed by atoms with van der Waals surface area (Å²) in [6.07, 6.45) is 2.07. The molecule has 1 fully saturated rings. The third-order valence-corrected chi connectivity index (χ3v) is 2.39. The summed E-state index contributed by atoms with van der Waals surface area (Å²) in [6.45, 7) is 4.28. The SMILES string of the molecule is CCC(C#N)NC1CCN(C)C1. The maximum Gasteiger partial charge on any atom is 0.0952 e. The molecule has 0 amide bonds. The molecule has 0 bridgehead atoms. The lowest BCUT2D eigenvalue weighted by Crippen LogP contribution is -2.38. The van der Waals surface area contributed by atoms with Crippen LogP contribution in [0.3, 0.4) is 0 Å². The summed E-state index contributed by atoms with van der Waals surface area (Å²) < 4.78 is 0. The van der Waals surface area contributed by atoms with E-state index in [-0.39, 0.29) is 6.04 Å². The summed E-state index contributed by atoms with van der Waals surface area (Å²) in [4.78, 5) is 2.29. The van der Waals surface area contributed by atoms with E-state index in [0.717, 1.165) is 19.5 Å². The first-order valence-corrected chi connectivity index (χ1v) is 4.60. The maximum absolute atomic E-state index is 8.73. The van der Waals surface area contributed by atoms with Gasteiger partial charge in [0.15, 0.2) is 0 Å². The van der Waals surface area contributed by atoms with E-state index in [1.165, 1.54) is 6.42 Å². The minimum Gasteiger partial charge on any atom is -0.305 e. The summed E-state index contributed by atoms with van der Waals surface area (Å²) >= 11 is 0. The predicted octanol–water partition coefficient (Wildman–Crippen LogP) is 0.582. The first-order valence-electron chi connectivity index (χ1n) is 4.60. The Labute approximate surface area is 74.4 Å². The van der Waals surface area contributed by atoms with Crippen molar-refractivity contribution in [1.29, 1.82) is 5.26 Å². The molecule has 0 aromatic rings. The van der Waals surface area contributed by atoms with Crippen LogP contribution >= 0.6 is 0 Å². The quantitative estimate of drug-likeness (QED) is 0.668. The molecule has 0 radical (unpaired) electrons. The van der Waals surface area contributed by atoms with Gasteiger partial charge in [-0.3, -0.25) is 5.32 Å². The van der Waals surface area contributed by atoms with Gasteiger partial charge in [0.2, 0.25) is 0 Å². The molecule has 1 aliphatic heterocycles. The van der Waals surface area contributed by atoms with Crippen molar-refractivity contribution in [2.75, 3.05) is 20.1 Å². The molecular weight excluding hydrogens is 150 g/mol. The topological polar surface area (TPSA) is 39.1 Å². The van der Waals surface area contributed by atoms with Crippen LogP contribution in [0.25, 0.3) is 0 Å². The van der Waals surface area contributed by atoms with Gasteiger partial charge in [0.1, 0.15) is 0 Å². The third kappa shape index (κ3) is 2.47. The predicted molar refractivity (Wildman–Crippen MR) is 48.7 cm³/mol. The molecule has 1 saturated heterocycles.